The molecule has 0 saturated carbocycles. The molecule has 1 aliphatic heterocycles. The number of amides is 1. The standard InChI is InChI=1S/C17H31NO6/c1-11(2)9-18-16(22)7-5-4-6-12(3)23-17-14(21)8-13(20)15(10-19)24-17/h5,7,11-15,17,19-21H,4,6,8-10H2,1-3H3,(H,18,22)/b7-5+/t12-,13?,14-,15+,17?/m1/s1. The summed E-state index contributed by atoms with van der Waals surface area (Å²) in [5.74, 6) is 0.307. The van der Waals surface area contributed by atoms with Gasteiger partial charge in [0, 0.05) is 13.0 Å². The van der Waals surface area contributed by atoms with Crippen molar-refractivity contribution in [3.8, 4) is 0 Å². The first-order chi connectivity index (χ1) is 11.3. The van der Waals surface area contributed by atoms with Crippen LogP contribution < -0.4 is 5.32 Å². The van der Waals surface area contributed by atoms with E-state index in [4.69, 9.17) is 14.6 Å². The fourth-order valence-corrected chi connectivity index (χ4v) is 2.33. The van der Waals surface area contributed by atoms with E-state index < -0.39 is 24.6 Å². The van der Waals surface area contributed by atoms with Crippen molar-refractivity contribution >= 4 is 5.91 Å². The number of aliphatic hydroxyl groups excluding tert-OH is 3. The third kappa shape index (κ3) is 7.72. The molecule has 0 bridgehead atoms. The lowest BCUT2D eigenvalue weighted by Gasteiger charge is -2.37. The molecule has 1 amide bonds. The van der Waals surface area contributed by atoms with Crippen LogP contribution in [0, 0.1) is 5.92 Å². The number of ether oxygens (including phenoxy) is 2. The normalized spacial score (nSPS) is 29.1. The number of carbonyl (C=O) groups excluding carboxylic acids is 1. The zero-order valence-electron chi connectivity index (χ0n) is 14.7. The van der Waals surface area contributed by atoms with E-state index in [9.17, 15) is 15.0 Å². The molecule has 7 nitrogen and oxygen atoms in total. The molecule has 1 saturated heterocycles. The van der Waals surface area contributed by atoms with E-state index in [0.29, 0.717) is 25.3 Å². The summed E-state index contributed by atoms with van der Waals surface area (Å²) in [5, 5.41) is 31.5. The summed E-state index contributed by atoms with van der Waals surface area (Å²) >= 11 is 0. The Morgan fingerprint density at radius 1 is 1.33 bits per heavy atom. The number of nitrogens with one attached hydrogen (secondary N) is 1. The molecule has 1 fully saturated rings. The van der Waals surface area contributed by atoms with Crippen LogP contribution in [0.1, 0.15) is 40.0 Å². The predicted octanol–water partition coefficient (Wildman–Crippen LogP) is 0.329. The van der Waals surface area contributed by atoms with Gasteiger partial charge >= 0.3 is 0 Å². The van der Waals surface area contributed by atoms with Crippen LogP contribution in [-0.2, 0) is 14.3 Å². The van der Waals surface area contributed by atoms with Crippen molar-refractivity contribution in [3.05, 3.63) is 12.2 Å². The van der Waals surface area contributed by atoms with E-state index in [1.165, 1.54) is 6.08 Å². The highest BCUT2D eigenvalue weighted by Gasteiger charge is 2.37. The maximum absolute atomic E-state index is 11.5. The monoisotopic (exact) mass is 345 g/mol. The van der Waals surface area contributed by atoms with Crippen LogP contribution >= 0.6 is 0 Å². The van der Waals surface area contributed by atoms with Gasteiger partial charge in [-0.05, 0) is 31.8 Å². The number of hydrogen-bond donors (Lipinski definition) is 4. The molecule has 1 heterocycles. The van der Waals surface area contributed by atoms with Gasteiger partial charge in [0.15, 0.2) is 6.29 Å². The minimum absolute atomic E-state index is 0.108. The highest BCUT2D eigenvalue weighted by molar-refractivity contribution is 5.87. The molecule has 0 radical (unpaired) electrons. The third-order valence-corrected chi connectivity index (χ3v) is 3.78. The molecular weight excluding hydrogens is 314 g/mol. The van der Waals surface area contributed by atoms with Crippen molar-refractivity contribution in [3.63, 3.8) is 0 Å². The second-order valence-electron chi connectivity index (χ2n) is 6.66. The molecule has 0 aromatic carbocycles. The van der Waals surface area contributed by atoms with Crippen LogP contribution in [0.15, 0.2) is 12.2 Å². The molecule has 2 unspecified atom stereocenters. The topological polar surface area (TPSA) is 108 Å². The molecule has 1 rings (SSSR count). The lowest BCUT2D eigenvalue weighted by atomic mass is 10.0. The Hall–Kier alpha value is -0.990. The van der Waals surface area contributed by atoms with Crippen molar-refractivity contribution in [1.29, 1.82) is 0 Å². The first-order valence-corrected chi connectivity index (χ1v) is 8.55. The van der Waals surface area contributed by atoms with Crippen LogP contribution in [0.5, 0.6) is 0 Å². The molecule has 0 aliphatic carbocycles. The van der Waals surface area contributed by atoms with Crippen LogP contribution in [0.4, 0.5) is 0 Å². The molecular formula is C17H31NO6. The van der Waals surface area contributed by atoms with Gasteiger partial charge in [-0.3, -0.25) is 4.79 Å². The van der Waals surface area contributed by atoms with E-state index in [-0.39, 0.29) is 25.0 Å². The number of aliphatic hydroxyl groups is 3. The van der Waals surface area contributed by atoms with Gasteiger partial charge < -0.3 is 30.1 Å². The van der Waals surface area contributed by atoms with Crippen molar-refractivity contribution < 1.29 is 29.6 Å². The Kier molecular flexibility index (Phi) is 9.46. The lowest BCUT2D eigenvalue weighted by Crippen LogP contribution is -2.50. The predicted molar refractivity (Wildman–Crippen MR) is 89.1 cm³/mol. The zero-order chi connectivity index (χ0) is 18.1. The molecule has 7 heteroatoms. The van der Waals surface area contributed by atoms with Gasteiger partial charge in [0.2, 0.25) is 5.91 Å². The van der Waals surface area contributed by atoms with Crippen molar-refractivity contribution in [2.24, 2.45) is 5.92 Å². The van der Waals surface area contributed by atoms with Crippen LogP contribution in [0.2, 0.25) is 0 Å². The van der Waals surface area contributed by atoms with Gasteiger partial charge in [0.05, 0.1) is 18.8 Å². The fraction of sp³-hybridized carbons (Fsp3) is 0.824. The van der Waals surface area contributed by atoms with Gasteiger partial charge in [0.25, 0.3) is 0 Å². The van der Waals surface area contributed by atoms with Gasteiger partial charge in [-0.2, -0.15) is 0 Å². The SMILES string of the molecule is CC(C)CNC(=O)/C=C/CC[C@@H](C)OC1O[C@@H](CO)C(O)C[C@H]1O. The summed E-state index contributed by atoms with van der Waals surface area (Å²) in [6.45, 7) is 6.24. The summed E-state index contributed by atoms with van der Waals surface area (Å²) in [7, 11) is 0. The Morgan fingerprint density at radius 3 is 2.67 bits per heavy atom. The number of allylic oxidation sites excluding steroid dienone is 1. The minimum Gasteiger partial charge on any atom is -0.394 e. The maximum Gasteiger partial charge on any atom is 0.243 e. The molecule has 24 heavy (non-hydrogen) atoms. The third-order valence-electron chi connectivity index (χ3n) is 3.78. The number of hydrogen-bond acceptors (Lipinski definition) is 6. The minimum atomic E-state index is -0.928. The van der Waals surface area contributed by atoms with E-state index >= 15 is 0 Å². The average Bonchev–Trinajstić information content (AvgIpc) is 2.52. The Labute approximate surface area is 143 Å². The number of carbonyl (C=O) groups is 1. The molecule has 4 N–H and O–H groups in total. The molecule has 0 aromatic heterocycles. The van der Waals surface area contributed by atoms with Gasteiger partial charge in [0.1, 0.15) is 12.2 Å². The van der Waals surface area contributed by atoms with Gasteiger partial charge in [-0.15, -0.1) is 0 Å². The van der Waals surface area contributed by atoms with Crippen LogP contribution in [-0.4, -0.2) is 65.1 Å². The molecule has 5 atom stereocenters. The van der Waals surface area contributed by atoms with Crippen molar-refractivity contribution in [2.45, 2.75) is 70.7 Å². The first kappa shape index (κ1) is 21.1. The first-order valence-electron chi connectivity index (χ1n) is 8.55. The summed E-state index contributed by atoms with van der Waals surface area (Å²) in [6.07, 6.45) is 1.11. The lowest BCUT2D eigenvalue weighted by molar-refractivity contribution is -0.281. The molecule has 1 aliphatic rings. The molecule has 0 spiro atoms. The summed E-state index contributed by atoms with van der Waals surface area (Å²) in [5.41, 5.74) is 0. The molecule has 0 aromatic rings. The average molecular weight is 345 g/mol. The van der Waals surface area contributed by atoms with Crippen molar-refractivity contribution in [2.75, 3.05) is 13.2 Å². The Balaban J connectivity index is 2.28. The Bertz CT molecular complexity index is 401. The van der Waals surface area contributed by atoms with E-state index in [2.05, 4.69) is 5.32 Å². The second kappa shape index (κ2) is 10.8. The maximum atomic E-state index is 11.5. The summed E-state index contributed by atoms with van der Waals surface area (Å²) in [4.78, 5) is 11.5. The Morgan fingerprint density at radius 2 is 2.04 bits per heavy atom. The quantitative estimate of drug-likeness (QED) is 0.449. The van der Waals surface area contributed by atoms with E-state index in [0.717, 1.165) is 0 Å². The summed E-state index contributed by atoms with van der Waals surface area (Å²) < 4.78 is 11.0. The summed E-state index contributed by atoms with van der Waals surface area (Å²) in [6, 6.07) is 0. The van der Waals surface area contributed by atoms with E-state index in [1.807, 2.05) is 20.8 Å². The smallest absolute Gasteiger partial charge is 0.243 e. The highest BCUT2D eigenvalue weighted by Crippen LogP contribution is 2.22. The van der Waals surface area contributed by atoms with E-state index in [1.54, 1.807) is 6.08 Å². The number of rotatable bonds is 9. The van der Waals surface area contributed by atoms with Crippen LogP contribution in [0.3, 0.4) is 0 Å². The molecule has 140 valence electrons. The second-order valence-corrected chi connectivity index (χ2v) is 6.66. The van der Waals surface area contributed by atoms with Crippen molar-refractivity contribution in [1.82, 2.24) is 5.32 Å². The van der Waals surface area contributed by atoms with Crippen LogP contribution in [0.25, 0.3) is 0 Å². The zero-order valence-corrected chi connectivity index (χ0v) is 14.7. The van der Waals surface area contributed by atoms with Gasteiger partial charge in [-0.25, -0.2) is 0 Å². The van der Waals surface area contributed by atoms with Gasteiger partial charge in [-0.1, -0.05) is 19.9 Å². The fourth-order valence-electron chi connectivity index (χ4n) is 2.33. The highest BCUT2D eigenvalue weighted by atomic mass is 16.7. The largest absolute Gasteiger partial charge is 0.394 e.